The van der Waals surface area contributed by atoms with Gasteiger partial charge in [-0.15, -0.1) is 0 Å². The summed E-state index contributed by atoms with van der Waals surface area (Å²) >= 11 is 0. The fraction of sp³-hybridized carbons (Fsp3) is 0.278. The number of carbonyl (C=O) groups excluding carboxylic acids is 4. The first-order valence-corrected chi connectivity index (χ1v) is 28.5. The van der Waals surface area contributed by atoms with Crippen LogP contribution in [0.3, 0.4) is 0 Å². The van der Waals surface area contributed by atoms with E-state index in [2.05, 4.69) is 0 Å². The van der Waals surface area contributed by atoms with Crippen LogP contribution in [0.1, 0.15) is 109 Å². The van der Waals surface area contributed by atoms with Crippen LogP contribution in [0.2, 0.25) is 0 Å². The summed E-state index contributed by atoms with van der Waals surface area (Å²) in [5.74, 6) is 1.35. The maximum absolute atomic E-state index is 12.6. The van der Waals surface area contributed by atoms with Crippen LogP contribution in [0.25, 0.3) is 64.6 Å². The Bertz CT molecular complexity index is 4060. The average Bonchev–Trinajstić information content (AvgIpc) is 2.28. The van der Waals surface area contributed by atoms with Crippen LogP contribution in [0.5, 0.6) is 51.7 Å². The van der Waals surface area contributed by atoms with Gasteiger partial charge < -0.3 is 44.5 Å². The summed E-state index contributed by atoms with van der Waals surface area (Å²) in [6.07, 6.45) is 2.84. The summed E-state index contributed by atoms with van der Waals surface area (Å²) in [6.45, 7) is 22.8. The minimum absolute atomic E-state index is 0.172. The molecule has 10 aromatic carbocycles. The monoisotopic (exact) mass is 1150 g/mol. The number of fused-ring (bicyclic) bond motifs is 6. The summed E-state index contributed by atoms with van der Waals surface area (Å²) in [7, 11) is 0. The van der Waals surface area contributed by atoms with E-state index in [0.717, 1.165) is 61.3 Å². The molecule has 0 bridgehead atoms. The second-order valence-electron chi connectivity index (χ2n) is 23.7. The minimum Gasteiger partial charge on any atom is -0.508 e. The highest BCUT2D eigenvalue weighted by Crippen LogP contribution is 2.43. The van der Waals surface area contributed by atoms with Gasteiger partial charge in [-0.2, -0.15) is 0 Å². The maximum atomic E-state index is 12.6. The van der Waals surface area contributed by atoms with E-state index in [9.17, 15) is 44.7 Å². The van der Waals surface area contributed by atoms with Crippen molar-refractivity contribution in [2.24, 2.45) is 21.7 Å². The molecule has 5 N–H and O–H groups in total. The number of esters is 4. The van der Waals surface area contributed by atoms with Crippen LogP contribution in [0.15, 0.2) is 164 Å². The molecule has 442 valence electrons. The van der Waals surface area contributed by atoms with Gasteiger partial charge in [-0.1, -0.05) is 107 Å². The van der Waals surface area contributed by atoms with Gasteiger partial charge in [-0.25, -0.2) is 0 Å². The van der Waals surface area contributed by atoms with E-state index < -0.39 is 21.7 Å². The molecule has 0 aromatic heterocycles. The summed E-state index contributed by atoms with van der Waals surface area (Å²) in [5.41, 5.74) is -2.06. The zero-order valence-corrected chi connectivity index (χ0v) is 50.4. The van der Waals surface area contributed by atoms with Crippen molar-refractivity contribution in [2.45, 2.75) is 109 Å². The lowest BCUT2D eigenvalue weighted by atomic mass is 9.90. The van der Waals surface area contributed by atoms with Gasteiger partial charge in [0, 0.05) is 21.5 Å². The first kappa shape index (κ1) is 63.2. The standard InChI is InChI=1S/2C20H20O3.C16H18O4.C16H18O3/c1-4-20(2,3)19(22)23-18-8-6-14-9-15-11-17(21)7-5-13(15)10-16(14)12-18;1-4-20(2,3)19(22)23-18-15-11-7-5-9-13(15)17(21)14-10-6-8-12-16(14)18;1-4-16(2,3)15(19)20-12-6-5-10-8-13(17)14(18)9-11(10)7-12;1-4-16(2,3)15(18)19-14-8-6-11-9-13(17)7-5-12(11)10-14/h2*5-12,21H,4H2,1-3H3;5-9,17-18H,4H2,1-3H3;5-10,17H,4H2,1-3H3. The maximum Gasteiger partial charge on any atom is 0.316 e. The molecule has 0 fully saturated rings. The first-order chi connectivity index (χ1) is 40.1. The number of hydrogen-bond donors (Lipinski definition) is 5. The Hall–Kier alpha value is -9.36. The summed E-state index contributed by atoms with van der Waals surface area (Å²) in [5, 5.41) is 58.7. The van der Waals surface area contributed by atoms with Crippen molar-refractivity contribution in [1.29, 1.82) is 0 Å². The van der Waals surface area contributed by atoms with Crippen molar-refractivity contribution in [2.75, 3.05) is 0 Å². The molecule has 85 heavy (non-hydrogen) atoms. The molecule has 0 aliphatic carbocycles. The molecule has 0 unspecified atom stereocenters. The van der Waals surface area contributed by atoms with Crippen molar-refractivity contribution in [3.63, 3.8) is 0 Å². The van der Waals surface area contributed by atoms with E-state index in [1.54, 1.807) is 66.7 Å². The van der Waals surface area contributed by atoms with E-state index in [0.29, 0.717) is 52.0 Å². The number of benzene rings is 10. The third-order valence-corrected chi connectivity index (χ3v) is 15.9. The summed E-state index contributed by atoms with van der Waals surface area (Å²) < 4.78 is 22.1. The Morgan fingerprint density at radius 3 is 0.976 bits per heavy atom. The van der Waals surface area contributed by atoms with Crippen LogP contribution in [-0.2, 0) is 19.2 Å². The molecule has 0 spiro atoms. The Labute approximate surface area is 496 Å². The summed E-state index contributed by atoms with van der Waals surface area (Å²) in [4.78, 5) is 48.8. The lowest BCUT2D eigenvalue weighted by Gasteiger charge is -2.22. The highest BCUT2D eigenvalue weighted by Gasteiger charge is 2.31. The normalized spacial score (nSPS) is 11.7. The largest absolute Gasteiger partial charge is 0.508 e. The molecule has 0 heterocycles. The molecule has 13 heteroatoms. The molecule has 10 aromatic rings. The van der Waals surface area contributed by atoms with Crippen molar-refractivity contribution >= 4 is 88.5 Å². The molecule has 0 atom stereocenters. The molecule has 0 aliphatic rings. The quantitative estimate of drug-likeness (QED) is 0.0334. The van der Waals surface area contributed by atoms with Gasteiger partial charge in [-0.05, 0) is 209 Å². The highest BCUT2D eigenvalue weighted by atomic mass is 16.5. The SMILES string of the molecule is CCC(C)(C)C(=O)Oc1c2ccccc2c(O)c2ccccc12.CCC(C)(C)C(=O)Oc1ccc2cc(O)c(O)cc2c1.CCC(C)(C)C(=O)Oc1ccc2cc(O)ccc2c1.CCC(C)(C)C(=O)Oc1ccc2cc3cc(O)ccc3cc2c1. The molecule has 0 radical (unpaired) electrons. The number of phenols is 5. The van der Waals surface area contributed by atoms with Gasteiger partial charge >= 0.3 is 23.9 Å². The molecule has 10 rings (SSSR count). The lowest BCUT2D eigenvalue weighted by molar-refractivity contribution is -0.144. The molecule has 0 saturated carbocycles. The molecule has 0 saturated heterocycles. The predicted molar refractivity (Wildman–Crippen MR) is 338 cm³/mol. The Morgan fingerprint density at radius 1 is 0.318 bits per heavy atom. The van der Waals surface area contributed by atoms with Crippen LogP contribution < -0.4 is 18.9 Å². The number of rotatable bonds is 12. The van der Waals surface area contributed by atoms with Gasteiger partial charge in [0.25, 0.3) is 0 Å². The van der Waals surface area contributed by atoms with Crippen molar-refractivity contribution in [3.8, 4) is 51.7 Å². The van der Waals surface area contributed by atoms with E-state index in [-0.39, 0.29) is 52.6 Å². The Kier molecular flexibility index (Phi) is 19.4. The van der Waals surface area contributed by atoms with Gasteiger partial charge in [0.1, 0.15) is 40.2 Å². The zero-order chi connectivity index (χ0) is 62.2. The van der Waals surface area contributed by atoms with E-state index >= 15 is 0 Å². The Morgan fingerprint density at radius 2 is 0.588 bits per heavy atom. The van der Waals surface area contributed by atoms with Gasteiger partial charge in [0.05, 0.1) is 21.7 Å². The third kappa shape index (κ3) is 15.1. The molecular formula is C72H76O13. The van der Waals surface area contributed by atoms with Crippen LogP contribution >= 0.6 is 0 Å². The number of phenolic OH excluding ortho intramolecular Hbond substituents is 5. The predicted octanol–water partition coefficient (Wildman–Crippen LogP) is 17.6. The lowest BCUT2D eigenvalue weighted by Crippen LogP contribution is -2.28. The van der Waals surface area contributed by atoms with Crippen molar-refractivity contribution < 1.29 is 63.7 Å². The number of ether oxygens (including phenoxy) is 4. The van der Waals surface area contributed by atoms with E-state index in [1.807, 2.05) is 168 Å². The van der Waals surface area contributed by atoms with Crippen molar-refractivity contribution in [1.82, 2.24) is 0 Å². The van der Waals surface area contributed by atoms with Crippen LogP contribution in [0, 0.1) is 21.7 Å². The van der Waals surface area contributed by atoms with E-state index in [4.69, 9.17) is 18.9 Å². The molecule has 0 aliphatic heterocycles. The van der Waals surface area contributed by atoms with Gasteiger partial charge in [0.15, 0.2) is 11.5 Å². The van der Waals surface area contributed by atoms with E-state index in [1.165, 1.54) is 12.1 Å². The number of aromatic hydroxyl groups is 5. The van der Waals surface area contributed by atoms with Crippen LogP contribution in [0.4, 0.5) is 0 Å². The Balaban J connectivity index is 0.000000163. The minimum atomic E-state index is -0.555. The average molecular weight is 1150 g/mol. The second-order valence-corrected chi connectivity index (χ2v) is 23.7. The first-order valence-electron chi connectivity index (χ1n) is 28.5. The van der Waals surface area contributed by atoms with Gasteiger partial charge in [0.2, 0.25) is 0 Å². The number of hydrogen-bond acceptors (Lipinski definition) is 13. The number of carbonyl (C=O) groups is 4. The highest BCUT2D eigenvalue weighted by molar-refractivity contribution is 6.12. The van der Waals surface area contributed by atoms with Crippen molar-refractivity contribution in [3.05, 3.63) is 164 Å². The fourth-order valence-corrected chi connectivity index (χ4v) is 8.34. The molecule has 0 amide bonds. The smallest absolute Gasteiger partial charge is 0.316 e. The zero-order valence-electron chi connectivity index (χ0n) is 50.4. The summed E-state index contributed by atoms with van der Waals surface area (Å²) in [6, 6.07) is 48.3. The molecular weight excluding hydrogens is 1070 g/mol. The third-order valence-electron chi connectivity index (χ3n) is 15.9. The fourth-order valence-electron chi connectivity index (χ4n) is 8.34. The van der Waals surface area contributed by atoms with Gasteiger partial charge in [-0.3, -0.25) is 19.2 Å². The van der Waals surface area contributed by atoms with Crippen LogP contribution in [-0.4, -0.2) is 49.4 Å². The topological polar surface area (TPSA) is 206 Å². The molecule has 13 nitrogen and oxygen atoms in total. The second kappa shape index (κ2) is 26.1.